The number of likely N-dealkylation sites (tertiary alicyclic amines) is 1. The Balaban J connectivity index is 1.59. The van der Waals surface area contributed by atoms with E-state index < -0.39 is 5.60 Å². The summed E-state index contributed by atoms with van der Waals surface area (Å²) >= 11 is 0. The van der Waals surface area contributed by atoms with Crippen LogP contribution in [0.15, 0.2) is 60.7 Å². The van der Waals surface area contributed by atoms with Gasteiger partial charge in [0.2, 0.25) is 0 Å². The summed E-state index contributed by atoms with van der Waals surface area (Å²) in [6.45, 7) is 8.53. The standard InChI is InChI=1S/C28H38N2O/c1-3-29(4-2)25-17-15-24(16-18-25)27-26-14-8-9-19-28(26,31)20-22-30(27)21-10-13-23-11-6-5-7-12-23/h5-7,10-13,15-18,26-27,31H,3-4,8-9,14,19-22H2,1-2H3/p+1/b13-10+/t26-,27-,28-/m0/s1. The number of nitrogens with one attached hydrogen (secondary N) is 1. The molecule has 4 atom stereocenters. The third-order valence-corrected chi connectivity index (χ3v) is 7.66. The molecule has 2 N–H and O–H groups in total. The lowest BCUT2D eigenvalue weighted by molar-refractivity contribution is -0.939. The van der Waals surface area contributed by atoms with Gasteiger partial charge in [-0.25, -0.2) is 0 Å². The monoisotopic (exact) mass is 419 g/mol. The van der Waals surface area contributed by atoms with Gasteiger partial charge in [0, 0.05) is 36.7 Å². The smallest absolute Gasteiger partial charge is 0.119 e. The molecule has 31 heavy (non-hydrogen) atoms. The first kappa shape index (κ1) is 22.1. The van der Waals surface area contributed by atoms with Crippen LogP contribution in [0.5, 0.6) is 0 Å². The van der Waals surface area contributed by atoms with Crippen molar-refractivity contribution in [1.82, 2.24) is 0 Å². The minimum atomic E-state index is -0.479. The third-order valence-electron chi connectivity index (χ3n) is 7.66. The molecule has 0 radical (unpaired) electrons. The topological polar surface area (TPSA) is 27.9 Å². The zero-order valence-electron chi connectivity index (χ0n) is 19.3. The summed E-state index contributed by atoms with van der Waals surface area (Å²) in [4.78, 5) is 3.99. The third kappa shape index (κ3) is 4.88. The van der Waals surface area contributed by atoms with Crippen molar-refractivity contribution < 1.29 is 10.0 Å². The summed E-state index contributed by atoms with van der Waals surface area (Å²) in [5.74, 6) is 0.356. The Hall–Kier alpha value is -2.10. The molecule has 3 heteroatoms. The highest BCUT2D eigenvalue weighted by Crippen LogP contribution is 2.44. The molecule has 2 aliphatic rings. The lowest BCUT2D eigenvalue weighted by atomic mass is 9.66. The number of hydrogen-bond donors (Lipinski definition) is 2. The molecule has 1 saturated heterocycles. The van der Waals surface area contributed by atoms with Crippen molar-refractivity contribution in [3.05, 3.63) is 71.8 Å². The average molecular weight is 420 g/mol. The molecule has 3 nitrogen and oxygen atoms in total. The van der Waals surface area contributed by atoms with Gasteiger partial charge in [0.25, 0.3) is 0 Å². The van der Waals surface area contributed by atoms with E-state index in [4.69, 9.17) is 0 Å². The maximum Gasteiger partial charge on any atom is 0.119 e. The van der Waals surface area contributed by atoms with E-state index in [0.29, 0.717) is 12.0 Å². The number of aliphatic hydroxyl groups is 1. The van der Waals surface area contributed by atoms with Crippen LogP contribution in [0, 0.1) is 5.92 Å². The molecule has 2 aromatic carbocycles. The Kier molecular flexibility index (Phi) is 7.14. The summed E-state index contributed by atoms with van der Waals surface area (Å²) in [6, 6.07) is 20.2. The highest BCUT2D eigenvalue weighted by molar-refractivity contribution is 5.49. The molecule has 4 rings (SSSR count). The SMILES string of the molecule is CCN(CC)c1ccc([C@H]2[C@@H]3CCCC[C@]3(O)CC[NH+]2C/C=C/c2ccccc2)cc1. The predicted molar refractivity (Wildman–Crippen MR) is 130 cm³/mol. The van der Waals surface area contributed by atoms with Gasteiger partial charge in [-0.15, -0.1) is 0 Å². The molecule has 2 aromatic rings. The Morgan fingerprint density at radius 2 is 1.74 bits per heavy atom. The zero-order valence-corrected chi connectivity index (χ0v) is 19.3. The lowest BCUT2D eigenvalue weighted by Gasteiger charge is -2.50. The first-order valence-corrected chi connectivity index (χ1v) is 12.3. The average Bonchev–Trinajstić information content (AvgIpc) is 2.81. The van der Waals surface area contributed by atoms with Crippen LogP contribution in [-0.4, -0.2) is 36.9 Å². The van der Waals surface area contributed by atoms with Crippen LogP contribution in [0.1, 0.15) is 63.1 Å². The molecular formula is C28H39N2O+. The summed E-state index contributed by atoms with van der Waals surface area (Å²) in [5.41, 5.74) is 3.47. The van der Waals surface area contributed by atoms with Gasteiger partial charge in [-0.05, 0) is 50.5 Å². The van der Waals surface area contributed by atoms with Gasteiger partial charge < -0.3 is 14.9 Å². The van der Waals surface area contributed by atoms with E-state index in [2.05, 4.69) is 85.5 Å². The quantitative estimate of drug-likeness (QED) is 0.692. The van der Waals surface area contributed by atoms with Gasteiger partial charge in [-0.3, -0.25) is 0 Å². The fraction of sp³-hybridized carbons (Fsp3) is 0.500. The summed E-state index contributed by atoms with van der Waals surface area (Å²) in [6.07, 6.45) is 10.0. The van der Waals surface area contributed by atoms with E-state index in [9.17, 15) is 5.11 Å². The molecule has 0 amide bonds. The first-order chi connectivity index (χ1) is 15.1. The molecule has 1 heterocycles. The summed E-state index contributed by atoms with van der Waals surface area (Å²) in [7, 11) is 0. The Bertz CT molecular complexity index is 843. The van der Waals surface area contributed by atoms with Gasteiger partial charge in [0.15, 0.2) is 0 Å². The van der Waals surface area contributed by atoms with E-state index in [0.717, 1.165) is 45.4 Å². The summed E-state index contributed by atoms with van der Waals surface area (Å²) < 4.78 is 0. The maximum absolute atomic E-state index is 11.5. The van der Waals surface area contributed by atoms with Crippen LogP contribution in [0.3, 0.4) is 0 Å². The fourth-order valence-electron chi connectivity index (χ4n) is 5.94. The minimum absolute atomic E-state index is 0.356. The summed E-state index contributed by atoms with van der Waals surface area (Å²) in [5, 5.41) is 11.5. The van der Waals surface area contributed by atoms with Crippen molar-refractivity contribution >= 4 is 11.8 Å². The van der Waals surface area contributed by atoms with E-state index in [-0.39, 0.29) is 0 Å². The van der Waals surface area contributed by atoms with Crippen LogP contribution in [0.25, 0.3) is 6.08 Å². The minimum Gasteiger partial charge on any atom is -0.389 e. The van der Waals surface area contributed by atoms with E-state index in [1.165, 1.54) is 29.7 Å². The second-order valence-electron chi connectivity index (χ2n) is 9.37. The molecule has 166 valence electrons. The first-order valence-electron chi connectivity index (χ1n) is 12.3. The van der Waals surface area contributed by atoms with Gasteiger partial charge in [-0.1, -0.05) is 61.4 Å². The largest absolute Gasteiger partial charge is 0.389 e. The van der Waals surface area contributed by atoms with Crippen molar-refractivity contribution in [1.29, 1.82) is 0 Å². The van der Waals surface area contributed by atoms with Crippen molar-refractivity contribution in [2.45, 2.75) is 57.6 Å². The van der Waals surface area contributed by atoms with E-state index >= 15 is 0 Å². The Labute approximate surface area is 188 Å². The number of anilines is 1. The van der Waals surface area contributed by atoms with Gasteiger partial charge in [0.05, 0.1) is 18.7 Å². The molecule has 1 unspecified atom stereocenters. The van der Waals surface area contributed by atoms with E-state index in [1.807, 2.05) is 0 Å². The number of fused-ring (bicyclic) bond motifs is 1. The number of piperidine rings is 1. The van der Waals surface area contributed by atoms with Crippen LogP contribution >= 0.6 is 0 Å². The van der Waals surface area contributed by atoms with Crippen LogP contribution in [0.4, 0.5) is 5.69 Å². The molecule has 0 spiro atoms. The maximum atomic E-state index is 11.5. The van der Waals surface area contributed by atoms with E-state index in [1.54, 1.807) is 4.90 Å². The fourth-order valence-corrected chi connectivity index (χ4v) is 5.94. The number of rotatable bonds is 7. The number of benzene rings is 2. The molecule has 1 saturated carbocycles. The van der Waals surface area contributed by atoms with Crippen LogP contribution in [0.2, 0.25) is 0 Å². The van der Waals surface area contributed by atoms with Gasteiger partial charge >= 0.3 is 0 Å². The zero-order chi connectivity index (χ0) is 21.7. The highest BCUT2D eigenvalue weighted by atomic mass is 16.3. The molecule has 1 aliphatic carbocycles. The van der Waals surface area contributed by atoms with Gasteiger partial charge in [-0.2, -0.15) is 0 Å². The Morgan fingerprint density at radius 1 is 1.00 bits per heavy atom. The molecule has 2 fully saturated rings. The van der Waals surface area contributed by atoms with Crippen molar-refractivity contribution in [3.63, 3.8) is 0 Å². The van der Waals surface area contributed by atoms with Crippen LogP contribution < -0.4 is 9.80 Å². The number of nitrogens with zero attached hydrogens (tertiary/aromatic N) is 1. The second kappa shape index (κ2) is 10.0. The van der Waals surface area contributed by atoms with Crippen molar-refractivity contribution in [2.24, 2.45) is 5.92 Å². The molecular weight excluding hydrogens is 380 g/mol. The normalized spacial score (nSPS) is 28.4. The molecule has 0 aromatic heterocycles. The van der Waals surface area contributed by atoms with Crippen LogP contribution in [-0.2, 0) is 0 Å². The van der Waals surface area contributed by atoms with Crippen molar-refractivity contribution in [2.75, 3.05) is 31.1 Å². The number of quaternary nitrogens is 1. The Morgan fingerprint density at radius 3 is 2.45 bits per heavy atom. The molecule has 1 aliphatic heterocycles. The number of hydrogen-bond acceptors (Lipinski definition) is 2. The predicted octanol–water partition coefficient (Wildman–Crippen LogP) is 4.50. The van der Waals surface area contributed by atoms with Gasteiger partial charge in [0.1, 0.15) is 6.04 Å². The second-order valence-corrected chi connectivity index (χ2v) is 9.37. The lowest BCUT2D eigenvalue weighted by Crippen LogP contribution is -3.14. The van der Waals surface area contributed by atoms with Crippen molar-refractivity contribution in [3.8, 4) is 0 Å². The molecule has 0 bridgehead atoms. The highest BCUT2D eigenvalue weighted by Gasteiger charge is 2.51.